The van der Waals surface area contributed by atoms with Crippen molar-refractivity contribution >= 4 is 21.6 Å². The first-order chi connectivity index (χ1) is 16.3. The van der Waals surface area contributed by atoms with Crippen molar-refractivity contribution in [3.05, 3.63) is 94.2 Å². The predicted octanol–water partition coefficient (Wildman–Crippen LogP) is 2.72. The summed E-state index contributed by atoms with van der Waals surface area (Å²) in [4.78, 5) is 28.9. The number of amides is 1. The van der Waals surface area contributed by atoms with Crippen molar-refractivity contribution in [3.8, 4) is 5.88 Å². The Kier molecular flexibility index (Phi) is 6.85. The van der Waals surface area contributed by atoms with E-state index in [1.165, 1.54) is 28.7 Å². The fourth-order valence-electron chi connectivity index (χ4n) is 3.57. The van der Waals surface area contributed by atoms with Gasteiger partial charge in [0.25, 0.3) is 11.6 Å². The lowest BCUT2D eigenvalue weighted by atomic mass is 10.2. The van der Waals surface area contributed by atoms with Crippen LogP contribution in [0, 0.1) is 10.1 Å². The smallest absolute Gasteiger partial charge is 0.270 e. The van der Waals surface area contributed by atoms with Crippen molar-refractivity contribution in [1.29, 1.82) is 0 Å². The van der Waals surface area contributed by atoms with Crippen molar-refractivity contribution < 1.29 is 22.9 Å². The van der Waals surface area contributed by atoms with Crippen LogP contribution >= 0.6 is 0 Å². The van der Waals surface area contributed by atoms with Crippen molar-refractivity contribution in [3.63, 3.8) is 0 Å². The number of piperazine rings is 1. The van der Waals surface area contributed by atoms with E-state index in [1.807, 2.05) is 30.3 Å². The van der Waals surface area contributed by atoms with Crippen LogP contribution in [-0.2, 0) is 16.6 Å². The molecule has 0 radical (unpaired) electrons. The molecule has 10 nitrogen and oxygen atoms in total. The average Bonchev–Trinajstić information content (AvgIpc) is 2.88. The van der Waals surface area contributed by atoms with Crippen LogP contribution in [-0.4, -0.2) is 59.6 Å². The summed E-state index contributed by atoms with van der Waals surface area (Å²) in [5.74, 6) is 0.0703. The van der Waals surface area contributed by atoms with E-state index in [1.54, 1.807) is 17.0 Å². The van der Waals surface area contributed by atoms with Crippen LogP contribution in [0.3, 0.4) is 0 Å². The summed E-state index contributed by atoms with van der Waals surface area (Å²) in [6, 6.07) is 17.7. The largest absolute Gasteiger partial charge is 0.473 e. The maximum Gasteiger partial charge on any atom is 0.270 e. The molecule has 176 valence electrons. The van der Waals surface area contributed by atoms with Crippen LogP contribution < -0.4 is 4.74 Å². The van der Waals surface area contributed by atoms with Gasteiger partial charge in [-0.1, -0.05) is 36.4 Å². The number of hydrogen-bond acceptors (Lipinski definition) is 7. The second-order valence-electron chi connectivity index (χ2n) is 7.61. The van der Waals surface area contributed by atoms with Gasteiger partial charge in [0.2, 0.25) is 15.9 Å². The fourth-order valence-corrected chi connectivity index (χ4v) is 5.04. The minimum Gasteiger partial charge on any atom is -0.473 e. The number of sulfonamides is 1. The number of hydrogen-bond donors (Lipinski definition) is 0. The van der Waals surface area contributed by atoms with E-state index >= 15 is 0 Å². The average molecular weight is 483 g/mol. The molecule has 0 N–H and O–H groups in total. The molecule has 0 atom stereocenters. The Morgan fingerprint density at radius 1 is 1.00 bits per heavy atom. The Morgan fingerprint density at radius 3 is 2.44 bits per heavy atom. The van der Waals surface area contributed by atoms with Crippen LogP contribution in [0.5, 0.6) is 5.88 Å². The highest BCUT2D eigenvalue weighted by molar-refractivity contribution is 7.89. The van der Waals surface area contributed by atoms with E-state index in [4.69, 9.17) is 4.74 Å². The summed E-state index contributed by atoms with van der Waals surface area (Å²) in [5, 5.41) is 11.0. The second-order valence-corrected chi connectivity index (χ2v) is 9.55. The van der Waals surface area contributed by atoms with Crippen LogP contribution in [0.1, 0.15) is 15.9 Å². The van der Waals surface area contributed by atoms with Gasteiger partial charge in [-0.25, -0.2) is 13.4 Å². The molecule has 2 aromatic carbocycles. The number of carbonyl (C=O) groups excluding carboxylic acids is 1. The van der Waals surface area contributed by atoms with Crippen molar-refractivity contribution in [2.45, 2.75) is 11.5 Å². The number of nitro groups is 1. The number of rotatable bonds is 7. The summed E-state index contributed by atoms with van der Waals surface area (Å²) in [7, 11) is -3.91. The van der Waals surface area contributed by atoms with Crippen molar-refractivity contribution in [2.24, 2.45) is 0 Å². The van der Waals surface area contributed by atoms with Gasteiger partial charge < -0.3 is 9.64 Å². The number of nitrogens with zero attached hydrogens (tertiary/aromatic N) is 4. The van der Waals surface area contributed by atoms with Gasteiger partial charge in [0.1, 0.15) is 6.61 Å². The number of aromatic nitrogens is 1. The van der Waals surface area contributed by atoms with Crippen molar-refractivity contribution in [1.82, 2.24) is 14.2 Å². The molecule has 2 heterocycles. The zero-order chi connectivity index (χ0) is 24.1. The maximum atomic E-state index is 13.0. The van der Waals surface area contributed by atoms with Gasteiger partial charge in [0.15, 0.2) is 0 Å². The Balaban J connectivity index is 1.39. The highest BCUT2D eigenvalue weighted by Gasteiger charge is 2.31. The molecule has 0 bridgehead atoms. The molecule has 0 aliphatic carbocycles. The fraction of sp³-hybridized carbons (Fsp3) is 0.217. The Hall–Kier alpha value is -3.83. The molecule has 0 unspecified atom stereocenters. The molecule has 1 fully saturated rings. The molecule has 11 heteroatoms. The number of carbonyl (C=O) groups is 1. The van der Waals surface area contributed by atoms with Crippen LogP contribution in [0.2, 0.25) is 0 Å². The summed E-state index contributed by atoms with van der Waals surface area (Å²) in [5.41, 5.74) is 1.08. The van der Waals surface area contributed by atoms with Gasteiger partial charge in [0.05, 0.1) is 9.82 Å². The summed E-state index contributed by atoms with van der Waals surface area (Å²) >= 11 is 0. The number of benzene rings is 2. The van der Waals surface area contributed by atoms with Gasteiger partial charge >= 0.3 is 0 Å². The Labute approximate surface area is 196 Å². The molecule has 1 aromatic heterocycles. The Bertz CT molecular complexity index is 1290. The molecule has 0 spiro atoms. The van der Waals surface area contributed by atoms with E-state index in [0.717, 1.165) is 11.6 Å². The molecule has 1 aliphatic heterocycles. The second kappa shape index (κ2) is 9.98. The van der Waals surface area contributed by atoms with E-state index in [2.05, 4.69) is 4.98 Å². The van der Waals surface area contributed by atoms with Crippen molar-refractivity contribution in [2.75, 3.05) is 26.2 Å². The lowest BCUT2D eigenvalue weighted by Gasteiger charge is -2.34. The summed E-state index contributed by atoms with van der Waals surface area (Å²) in [6.45, 7) is 0.864. The number of non-ortho nitro benzene ring substituents is 1. The summed E-state index contributed by atoms with van der Waals surface area (Å²) < 4.78 is 32.8. The molecule has 3 aromatic rings. The predicted molar refractivity (Wildman–Crippen MR) is 123 cm³/mol. The topological polar surface area (TPSA) is 123 Å². The minimum atomic E-state index is -3.91. The van der Waals surface area contributed by atoms with E-state index in [-0.39, 0.29) is 42.7 Å². The van der Waals surface area contributed by atoms with E-state index < -0.39 is 14.9 Å². The first-order valence-electron chi connectivity index (χ1n) is 10.5. The molecular weight excluding hydrogens is 460 g/mol. The molecule has 1 saturated heterocycles. The first kappa shape index (κ1) is 23.3. The van der Waals surface area contributed by atoms with E-state index in [0.29, 0.717) is 18.1 Å². The molecule has 0 saturated carbocycles. The normalized spacial score (nSPS) is 14.5. The summed E-state index contributed by atoms with van der Waals surface area (Å²) in [6.07, 6.45) is 1.50. The third-order valence-electron chi connectivity index (χ3n) is 5.40. The number of ether oxygens (including phenoxy) is 1. The lowest BCUT2D eigenvalue weighted by molar-refractivity contribution is -0.385. The number of nitro benzene ring substituents is 1. The standard InChI is InChI=1S/C23H22N4O6S/c28-23(19-9-10-24-22(15-19)33-17-18-5-2-1-3-6-18)25-11-13-26(14-12-25)34(31,32)21-8-4-7-20(16-21)27(29)30/h1-10,15-16H,11-14,17H2. The van der Waals surface area contributed by atoms with Gasteiger partial charge in [-0.15, -0.1) is 0 Å². The SMILES string of the molecule is O=C(c1ccnc(OCc2ccccc2)c1)N1CCN(S(=O)(=O)c2cccc([N+](=O)[O-])c2)CC1. The quantitative estimate of drug-likeness (QED) is 0.375. The molecular formula is C23H22N4O6S. The molecule has 34 heavy (non-hydrogen) atoms. The van der Waals surface area contributed by atoms with E-state index in [9.17, 15) is 23.3 Å². The highest BCUT2D eigenvalue weighted by atomic mass is 32.2. The zero-order valence-corrected chi connectivity index (χ0v) is 18.9. The monoisotopic (exact) mass is 482 g/mol. The lowest BCUT2D eigenvalue weighted by Crippen LogP contribution is -2.50. The van der Waals surface area contributed by atoms with Crippen LogP contribution in [0.4, 0.5) is 5.69 Å². The minimum absolute atomic E-state index is 0.0826. The van der Waals surface area contributed by atoms with Gasteiger partial charge in [-0.3, -0.25) is 14.9 Å². The third-order valence-corrected chi connectivity index (χ3v) is 7.30. The van der Waals surface area contributed by atoms with Crippen LogP contribution in [0.15, 0.2) is 77.8 Å². The first-order valence-corrected chi connectivity index (χ1v) is 12.0. The van der Waals surface area contributed by atoms with Gasteiger partial charge in [0, 0.05) is 56.1 Å². The Morgan fingerprint density at radius 2 is 1.74 bits per heavy atom. The molecule has 1 aliphatic rings. The molecule has 1 amide bonds. The van der Waals surface area contributed by atoms with Gasteiger partial charge in [-0.05, 0) is 17.7 Å². The zero-order valence-electron chi connectivity index (χ0n) is 18.1. The van der Waals surface area contributed by atoms with Gasteiger partial charge in [-0.2, -0.15) is 4.31 Å². The third kappa shape index (κ3) is 5.21. The molecule has 4 rings (SSSR count). The number of pyridine rings is 1. The van der Waals surface area contributed by atoms with Crippen LogP contribution in [0.25, 0.3) is 0 Å². The maximum absolute atomic E-state index is 13.0. The highest BCUT2D eigenvalue weighted by Crippen LogP contribution is 2.23.